The van der Waals surface area contributed by atoms with Crippen molar-refractivity contribution in [3.05, 3.63) is 67.4 Å². The van der Waals surface area contributed by atoms with Crippen molar-refractivity contribution >= 4 is 31.9 Å². The van der Waals surface area contributed by atoms with Crippen LogP contribution in [-0.4, -0.2) is 0 Å². The maximum atomic E-state index is 14.2. The van der Waals surface area contributed by atoms with Gasteiger partial charge in [0.05, 0.1) is 4.83 Å². The zero-order valence-corrected chi connectivity index (χ0v) is 16.1. The molecule has 2 aromatic rings. The molecule has 0 saturated carbocycles. The molecule has 0 aliphatic rings. The largest absolute Gasteiger partial charge is 0.207 e. The standard InChI is InChI=1S/C18H19Br2F/c1-9-10(2)12(4)17(13(5)11(9)3)18(20)15-8-14(19)6-7-16(15)21/h6-8,18H,1-5H3. The SMILES string of the molecule is Cc1c(C)c(C)c(C(Br)c2cc(Br)ccc2F)c(C)c1C. The minimum absolute atomic E-state index is 0.145. The van der Waals surface area contributed by atoms with Gasteiger partial charge in [0.15, 0.2) is 0 Å². The van der Waals surface area contributed by atoms with Crippen molar-refractivity contribution in [3.8, 4) is 0 Å². The van der Waals surface area contributed by atoms with Gasteiger partial charge in [0.1, 0.15) is 5.82 Å². The second kappa shape index (κ2) is 6.21. The molecule has 0 aromatic heterocycles. The van der Waals surface area contributed by atoms with E-state index in [0.29, 0.717) is 5.56 Å². The van der Waals surface area contributed by atoms with E-state index in [1.165, 1.54) is 39.4 Å². The highest BCUT2D eigenvalue weighted by Crippen LogP contribution is 2.40. The predicted molar refractivity (Wildman–Crippen MR) is 95.0 cm³/mol. The molecular weight excluding hydrogens is 395 g/mol. The molecule has 0 nitrogen and oxygen atoms in total. The number of alkyl halides is 1. The maximum Gasteiger partial charge on any atom is 0.127 e. The summed E-state index contributed by atoms with van der Waals surface area (Å²) in [6.07, 6.45) is 0. The number of rotatable bonds is 2. The second-order valence-corrected chi connectivity index (χ2v) is 7.40. The van der Waals surface area contributed by atoms with Gasteiger partial charge in [-0.1, -0.05) is 31.9 Å². The smallest absolute Gasteiger partial charge is 0.127 e. The molecule has 0 bridgehead atoms. The van der Waals surface area contributed by atoms with Gasteiger partial charge in [0.25, 0.3) is 0 Å². The summed E-state index contributed by atoms with van der Waals surface area (Å²) in [7, 11) is 0. The minimum atomic E-state index is -0.185. The van der Waals surface area contributed by atoms with Gasteiger partial charge >= 0.3 is 0 Å². The lowest BCUT2D eigenvalue weighted by atomic mass is 9.86. The summed E-state index contributed by atoms with van der Waals surface area (Å²) >= 11 is 7.14. The Bertz CT molecular complexity index is 676. The van der Waals surface area contributed by atoms with E-state index < -0.39 is 0 Å². The molecule has 2 aromatic carbocycles. The first-order valence-electron chi connectivity index (χ1n) is 6.91. The van der Waals surface area contributed by atoms with Crippen LogP contribution in [-0.2, 0) is 0 Å². The molecule has 0 saturated heterocycles. The van der Waals surface area contributed by atoms with Gasteiger partial charge in [-0.25, -0.2) is 4.39 Å². The van der Waals surface area contributed by atoms with E-state index in [9.17, 15) is 4.39 Å². The van der Waals surface area contributed by atoms with Crippen molar-refractivity contribution < 1.29 is 4.39 Å². The third-order valence-corrected chi connectivity index (χ3v) is 5.99. The molecule has 2 rings (SSSR count). The Morgan fingerprint density at radius 2 is 1.33 bits per heavy atom. The van der Waals surface area contributed by atoms with Gasteiger partial charge in [-0.15, -0.1) is 0 Å². The lowest BCUT2D eigenvalue weighted by Crippen LogP contribution is -2.07. The van der Waals surface area contributed by atoms with E-state index >= 15 is 0 Å². The monoisotopic (exact) mass is 412 g/mol. The zero-order chi connectivity index (χ0) is 15.9. The third-order valence-electron chi connectivity index (χ3n) is 4.54. The van der Waals surface area contributed by atoms with Crippen LogP contribution in [0.15, 0.2) is 22.7 Å². The quantitative estimate of drug-likeness (QED) is 0.485. The first-order chi connectivity index (χ1) is 9.75. The van der Waals surface area contributed by atoms with Gasteiger partial charge in [0.2, 0.25) is 0 Å². The fourth-order valence-corrected chi connectivity index (χ4v) is 4.19. The minimum Gasteiger partial charge on any atom is -0.207 e. The van der Waals surface area contributed by atoms with Crippen LogP contribution in [0.2, 0.25) is 0 Å². The molecule has 0 fully saturated rings. The highest BCUT2D eigenvalue weighted by atomic mass is 79.9. The summed E-state index contributed by atoms with van der Waals surface area (Å²) in [6.45, 7) is 10.7. The van der Waals surface area contributed by atoms with E-state index in [4.69, 9.17) is 0 Å². The Hall–Kier alpha value is -0.670. The van der Waals surface area contributed by atoms with Gasteiger partial charge < -0.3 is 0 Å². The Kier molecular flexibility index (Phi) is 4.94. The molecule has 0 spiro atoms. The molecule has 112 valence electrons. The molecule has 0 amide bonds. The van der Waals surface area contributed by atoms with Gasteiger partial charge in [-0.05, 0) is 86.2 Å². The average molecular weight is 414 g/mol. The van der Waals surface area contributed by atoms with Gasteiger partial charge in [-0.2, -0.15) is 0 Å². The Labute approximate surface area is 143 Å². The first-order valence-corrected chi connectivity index (χ1v) is 8.62. The van der Waals surface area contributed by atoms with Crippen LogP contribution >= 0.6 is 31.9 Å². The fraction of sp³-hybridized carbons (Fsp3) is 0.333. The third kappa shape index (κ3) is 2.95. The van der Waals surface area contributed by atoms with Gasteiger partial charge in [-0.3, -0.25) is 0 Å². The zero-order valence-electron chi connectivity index (χ0n) is 12.9. The summed E-state index contributed by atoms with van der Waals surface area (Å²) in [5, 5.41) is 0. The van der Waals surface area contributed by atoms with Crippen LogP contribution < -0.4 is 0 Å². The summed E-state index contributed by atoms with van der Waals surface area (Å²) in [5.41, 5.74) is 8.20. The van der Waals surface area contributed by atoms with Crippen LogP contribution in [0.3, 0.4) is 0 Å². The Morgan fingerprint density at radius 3 is 1.86 bits per heavy atom. The lowest BCUT2D eigenvalue weighted by Gasteiger charge is -2.23. The molecule has 0 radical (unpaired) electrons. The maximum absolute atomic E-state index is 14.2. The van der Waals surface area contributed by atoms with Crippen LogP contribution in [0.5, 0.6) is 0 Å². The highest BCUT2D eigenvalue weighted by Gasteiger charge is 2.22. The Balaban J connectivity index is 2.69. The van der Waals surface area contributed by atoms with Crippen LogP contribution in [0, 0.1) is 40.4 Å². The number of hydrogen-bond donors (Lipinski definition) is 0. The molecule has 0 aliphatic carbocycles. The molecule has 0 N–H and O–H groups in total. The van der Waals surface area contributed by atoms with E-state index in [2.05, 4.69) is 66.5 Å². The second-order valence-electron chi connectivity index (χ2n) is 5.57. The Morgan fingerprint density at radius 1 is 0.857 bits per heavy atom. The van der Waals surface area contributed by atoms with Crippen molar-refractivity contribution in [2.24, 2.45) is 0 Å². The van der Waals surface area contributed by atoms with Crippen molar-refractivity contribution in [3.63, 3.8) is 0 Å². The van der Waals surface area contributed by atoms with Crippen LogP contribution in [0.1, 0.15) is 43.8 Å². The number of halogens is 3. The van der Waals surface area contributed by atoms with E-state index in [-0.39, 0.29) is 10.6 Å². The molecule has 1 atom stereocenters. The fourth-order valence-electron chi connectivity index (χ4n) is 2.77. The molecular formula is C18H19Br2F. The van der Waals surface area contributed by atoms with E-state index in [0.717, 1.165) is 4.47 Å². The molecule has 0 heterocycles. The van der Waals surface area contributed by atoms with Crippen molar-refractivity contribution in [2.75, 3.05) is 0 Å². The van der Waals surface area contributed by atoms with E-state index in [1.54, 1.807) is 6.07 Å². The topological polar surface area (TPSA) is 0 Å². The summed E-state index contributed by atoms with van der Waals surface area (Å²) < 4.78 is 15.1. The summed E-state index contributed by atoms with van der Waals surface area (Å²) in [6, 6.07) is 5.08. The molecule has 0 aliphatic heterocycles. The normalized spacial score (nSPS) is 12.6. The molecule has 1 unspecified atom stereocenters. The first kappa shape index (κ1) is 16.7. The lowest BCUT2D eigenvalue weighted by molar-refractivity contribution is 0.613. The summed E-state index contributed by atoms with van der Waals surface area (Å²) in [5.74, 6) is -0.185. The van der Waals surface area contributed by atoms with Crippen molar-refractivity contribution in [1.29, 1.82) is 0 Å². The van der Waals surface area contributed by atoms with Crippen molar-refractivity contribution in [2.45, 2.75) is 39.4 Å². The predicted octanol–water partition coefficient (Wildman–Crippen LogP) is 6.61. The number of hydrogen-bond acceptors (Lipinski definition) is 0. The van der Waals surface area contributed by atoms with Crippen LogP contribution in [0.4, 0.5) is 4.39 Å². The summed E-state index contributed by atoms with van der Waals surface area (Å²) in [4.78, 5) is -0.145. The van der Waals surface area contributed by atoms with E-state index in [1.807, 2.05) is 6.07 Å². The molecule has 21 heavy (non-hydrogen) atoms. The number of benzene rings is 2. The average Bonchev–Trinajstić information content (AvgIpc) is 2.45. The van der Waals surface area contributed by atoms with Gasteiger partial charge in [0, 0.05) is 10.0 Å². The van der Waals surface area contributed by atoms with Crippen LogP contribution in [0.25, 0.3) is 0 Å². The van der Waals surface area contributed by atoms with Crippen molar-refractivity contribution in [1.82, 2.24) is 0 Å². The highest BCUT2D eigenvalue weighted by molar-refractivity contribution is 9.10. The molecule has 3 heteroatoms.